The second-order valence-electron chi connectivity index (χ2n) is 7.28. The lowest BCUT2D eigenvalue weighted by atomic mass is 9.84. The number of likely N-dealkylation sites (tertiary alicyclic amines) is 1. The van der Waals surface area contributed by atoms with Crippen LogP contribution in [0.4, 0.5) is 0 Å². The van der Waals surface area contributed by atoms with Crippen LogP contribution in [0.15, 0.2) is 54.7 Å². The number of amides is 1. The number of carbonyl (C=O) groups excluding carboxylic acids is 1. The molecule has 0 radical (unpaired) electrons. The number of rotatable bonds is 4. The van der Waals surface area contributed by atoms with Crippen molar-refractivity contribution < 1.29 is 9.90 Å². The molecule has 3 aromatic rings. The van der Waals surface area contributed by atoms with Crippen LogP contribution in [0.2, 0.25) is 5.02 Å². The molecule has 0 aliphatic carbocycles. The van der Waals surface area contributed by atoms with E-state index in [1.54, 1.807) is 12.1 Å². The Kier molecular flexibility index (Phi) is 4.94. The van der Waals surface area contributed by atoms with Gasteiger partial charge in [-0.3, -0.25) is 4.79 Å². The normalized spacial score (nSPS) is 16.6. The number of nitrogens with one attached hydrogen (secondary N) is 1. The standard InChI is InChI=1S/C22H23ClN2O2/c23-18-8-6-17(7-9-18)22(27)11-13-25(14-12-22)21(26)10-5-16-15-24-20-4-2-1-3-19(16)20/h1-4,6-9,15,24,27H,5,10-14H2. The lowest BCUT2D eigenvalue weighted by Gasteiger charge is -2.38. The fraction of sp³-hybridized carbons (Fsp3) is 0.318. The molecule has 1 fully saturated rings. The maximum atomic E-state index is 12.6. The number of hydrogen-bond donors (Lipinski definition) is 2. The van der Waals surface area contributed by atoms with Crippen LogP contribution in [0.1, 0.15) is 30.4 Å². The number of aromatic amines is 1. The highest BCUT2D eigenvalue weighted by Gasteiger charge is 2.35. The summed E-state index contributed by atoms with van der Waals surface area (Å²) in [4.78, 5) is 17.8. The van der Waals surface area contributed by atoms with Crippen molar-refractivity contribution in [2.75, 3.05) is 13.1 Å². The number of fused-ring (bicyclic) bond motifs is 1. The van der Waals surface area contributed by atoms with Gasteiger partial charge in [0.1, 0.15) is 0 Å². The Bertz CT molecular complexity index is 940. The van der Waals surface area contributed by atoms with E-state index in [1.807, 2.05) is 41.4 Å². The Morgan fingerprint density at radius 2 is 1.81 bits per heavy atom. The van der Waals surface area contributed by atoms with Gasteiger partial charge in [-0.15, -0.1) is 0 Å². The lowest BCUT2D eigenvalue weighted by Crippen LogP contribution is -2.45. The zero-order valence-corrected chi connectivity index (χ0v) is 15.9. The number of aryl methyl sites for hydroxylation is 1. The molecule has 0 unspecified atom stereocenters. The van der Waals surface area contributed by atoms with Gasteiger partial charge in [-0.25, -0.2) is 0 Å². The molecule has 5 heteroatoms. The summed E-state index contributed by atoms with van der Waals surface area (Å²) in [5.41, 5.74) is 2.27. The number of halogens is 1. The van der Waals surface area contributed by atoms with Gasteiger partial charge in [-0.1, -0.05) is 41.9 Å². The molecule has 4 nitrogen and oxygen atoms in total. The summed E-state index contributed by atoms with van der Waals surface area (Å²) in [6.07, 6.45) is 4.30. The first kappa shape index (κ1) is 18.1. The van der Waals surface area contributed by atoms with Crippen molar-refractivity contribution in [2.24, 2.45) is 0 Å². The SMILES string of the molecule is O=C(CCc1c[nH]c2ccccc12)N1CCC(O)(c2ccc(Cl)cc2)CC1. The van der Waals surface area contributed by atoms with E-state index < -0.39 is 5.60 Å². The Morgan fingerprint density at radius 1 is 1.11 bits per heavy atom. The Balaban J connectivity index is 1.35. The second-order valence-corrected chi connectivity index (χ2v) is 7.72. The molecule has 1 aromatic heterocycles. The molecule has 140 valence electrons. The van der Waals surface area contributed by atoms with Crippen molar-refractivity contribution in [2.45, 2.75) is 31.3 Å². The first-order valence-corrected chi connectivity index (χ1v) is 9.74. The zero-order valence-electron chi connectivity index (χ0n) is 15.1. The molecule has 27 heavy (non-hydrogen) atoms. The average molecular weight is 383 g/mol. The zero-order chi connectivity index (χ0) is 18.9. The molecular weight excluding hydrogens is 360 g/mol. The number of aromatic nitrogens is 1. The number of hydrogen-bond acceptors (Lipinski definition) is 2. The smallest absolute Gasteiger partial charge is 0.222 e. The Hall–Kier alpha value is -2.30. The predicted molar refractivity (Wildman–Crippen MR) is 108 cm³/mol. The van der Waals surface area contributed by atoms with Gasteiger partial charge in [0.05, 0.1) is 5.60 Å². The maximum absolute atomic E-state index is 12.6. The minimum Gasteiger partial charge on any atom is -0.385 e. The van der Waals surface area contributed by atoms with Crippen molar-refractivity contribution >= 4 is 28.4 Å². The molecule has 1 saturated heterocycles. The molecule has 4 rings (SSSR count). The fourth-order valence-electron chi connectivity index (χ4n) is 3.91. The van der Waals surface area contributed by atoms with Crippen LogP contribution in [0.3, 0.4) is 0 Å². The highest BCUT2D eigenvalue weighted by molar-refractivity contribution is 6.30. The van der Waals surface area contributed by atoms with E-state index in [0.29, 0.717) is 37.4 Å². The van der Waals surface area contributed by atoms with Crippen molar-refractivity contribution in [3.05, 3.63) is 70.9 Å². The van der Waals surface area contributed by atoms with E-state index in [-0.39, 0.29) is 5.91 Å². The Morgan fingerprint density at radius 3 is 2.56 bits per heavy atom. The number of aliphatic hydroxyl groups is 1. The highest BCUT2D eigenvalue weighted by Crippen LogP contribution is 2.33. The van der Waals surface area contributed by atoms with Gasteiger partial charge in [0.2, 0.25) is 5.91 Å². The summed E-state index contributed by atoms with van der Waals surface area (Å²) in [5.74, 6) is 0.151. The summed E-state index contributed by atoms with van der Waals surface area (Å²) in [6.45, 7) is 1.15. The molecule has 2 aromatic carbocycles. The van der Waals surface area contributed by atoms with E-state index in [4.69, 9.17) is 11.6 Å². The van der Waals surface area contributed by atoms with Crippen molar-refractivity contribution in [3.63, 3.8) is 0 Å². The van der Waals surface area contributed by atoms with Crippen LogP contribution in [0.25, 0.3) is 10.9 Å². The molecule has 1 aliphatic rings. The van der Waals surface area contributed by atoms with Crippen molar-refractivity contribution in [3.8, 4) is 0 Å². The van der Waals surface area contributed by atoms with E-state index >= 15 is 0 Å². The van der Waals surface area contributed by atoms with E-state index in [9.17, 15) is 9.90 Å². The minimum absolute atomic E-state index is 0.151. The molecule has 0 atom stereocenters. The van der Waals surface area contributed by atoms with E-state index in [1.165, 1.54) is 10.9 Å². The fourth-order valence-corrected chi connectivity index (χ4v) is 4.04. The number of carbonyl (C=O) groups is 1. The van der Waals surface area contributed by atoms with Crippen LogP contribution in [-0.4, -0.2) is 34.0 Å². The topological polar surface area (TPSA) is 56.3 Å². The van der Waals surface area contributed by atoms with Crippen LogP contribution < -0.4 is 0 Å². The first-order chi connectivity index (χ1) is 13.0. The summed E-state index contributed by atoms with van der Waals surface area (Å²) in [7, 11) is 0. The van der Waals surface area contributed by atoms with E-state index in [0.717, 1.165) is 17.5 Å². The van der Waals surface area contributed by atoms with Gasteiger partial charge in [0.25, 0.3) is 0 Å². The minimum atomic E-state index is -0.877. The summed E-state index contributed by atoms with van der Waals surface area (Å²) >= 11 is 5.94. The number of benzene rings is 2. The van der Waals surface area contributed by atoms with Crippen molar-refractivity contribution in [1.29, 1.82) is 0 Å². The van der Waals surface area contributed by atoms with Crippen LogP contribution in [0.5, 0.6) is 0 Å². The number of para-hydroxylation sites is 1. The molecule has 2 heterocycles. The highest BCUT2D eigenvalue weighted by atomic mass is 35.5. The number of piperidine rings is 1. The van der Waals surface area contributed by atoms with Crippen LogP contribution in [0, 0.1) is 0 Å². The monoisotopic (exact) mass is 382 g/mol. The third-order valence-electron chi connectivity index (χ3n) is 5.61. The number of nitrogens with zero attached hydrogens (tertiary/aromatic N) is 1. The number of H-pyrrole nitrogens is 1. The van der Waals surface area contributed by atoms with E-state index in [2.05, 4.69) is 11.1 Å². The van der Waals surface area contributed by atoms with Crippen LogP contribution >= 0.6 is 11.6 Å². The molecule has 0 bridgehead atoms. The first-order valence-electron chi connectivity index (χ1n) is 9.36. The molecule has 2 N–H and O–H groups in total. The summed E-state index contributed by atoms with van der Waals surface area (Å²) < 4.78 is 0. The largest absolute Gasteiger partial charge is 0.385 e. The molecule has 1 amide bonds. The van der Waals surface area contributed by atoms with Gasteiger partial charge < -0.3 is 15.0 Å². The van der Waals surface area contributed by atoms with Gasteiger partial charge in [0.15, 0.2) is 0 Å². The quantitative estimate of drug-likeness (QED) is 0.708. The maximum Gasteiger partial charge on any atom is 0.222 e. The van der Waals surface area contributed by atoms with Gasteiger partial charge in [-0.2, -0.15) is 0 Å². The molecule has 1 aliphatic heterocycles. The van der Waals surface area contributed by atoms with Gasteiger partial charge in [-0.05, 0) is 48.6 Å². The average Bonchev–Trinajstić information content (AvgIpc) is 3.10. The van der Waals surface area contributed by atoms with Crippen molar-refractivity contribution in [1.82, 2.24) is 9.88 Å². The Labute approximate surface area is 163 Å². The lowest BCUT2D eigenvalue weighted by molar-refractivity contribution is -0.135. The molecule has 0 saturated carbocycles. The van der Waals surface area contributed by atoms with Gasteiger partial charge in [0, 0.05) is 41.6 Å². The summed E-state index contributed by atoms with van der Waals surface area (Å²) in [6, 6.07) is 15.5. The summed E-state index contributed by atoms with van der Waals surface area (Å²) in [5, 5.41) is 12.8. The van der Waals surface area contributed by atoms with Gasteiger partial charge >= 0.3 is 0 Å². The third-order valence-corrected chi connectivity index (χ3v) is 5.86. The second kappa shape index (κ2) is 7.37. The van der Waals surface area contributed by atoms with Crippen LogP contribution in [-0.2, 0) is 16.8 Å². The molecular formula is C22H23ClN2O2. The predicted octanol–water partition coefficient (Wildman–Crippen LogP) is 4.26. The molecule has 0 spiro atoms. The third kappa shape index (κ3) is 3.73.